The molecule has 0 aliphatic heterocycles. The molecular formula is C18H17NO2. The molecule has 0 saturated heterocycles. The lowest BCUT2D eigenvalue weighted by Gasteiger charge is -2.14. The van der Waals surface area contributed by atoms with Gasteiger partial charge in [-0.3, -0.25) is 4.98 Å². The van der Waals surface area contributed by atoms with Crippen LogP contribution in [0.25, 0.3) is 22.0 Å². The van der Waals surface area contributed by atoms with Gasteiger partial charge < -0.3 is 9.47 Å². The van der Waals surface area contributed by atoms with Gasteiger partial charge in [-0.15, -0.1) is 0 Å². The molecule has 0 aliphatic carbocycles. The molecule has 1 heterocycles. The molecular weight excluding hydrogens is 262 g/mol. The Hall–Kier alpha value is -2.55. The van der Waals surface area contributed by atoms with Crippen molar-refractivity contribution in [2.75, 3.05) is 14.2 Å². The summed E-state index contributed by atoms with van der Waals surface area (Å²) in [7, 11) is 3.32. The Balaban J connectivity index is 2.38. The Morgan fingerprint density at radius 2 is 1.67 bits per heavy atom. The first kappa shape index (κ1) is 13.4. The minimum atomic E-state index is 0.735. The van der Waals surface area contributed by atoms with E-state index in [1.165, 1.54) is 0 Å². The highest BCUT2D eigenvalue weighted by Crippen LogP contribution is 2.40. The Morgan fingerprint density at radius 1 is 0.905 bits per heavy atom. The highest BCUT2D eigenvalue weighted by Gasteiger charge is 2.15. The number of pyridine rings is 1. The smallest absolute Gasteiger partial charge is 0.168 e. The first-order valence-corrected chi connectivity index (χ1v) is 6.82. The molecule has 106 valence electrons. The van der Waals surface area contributed by atoms with Crippen LogP contribution in [-0.2, 0) is 0 Å². The van der Waals surface area contributed by atoms with E-state index in [1.54, 1.807) is 14.2 Å². The molecule has 0 saturated carbocycles. The lowest BCUT2D eigenvalue weighted by molar-refractivity contribution is 0.358. The number of methoxy groups -OCH3 is 2. The summed E-state index contributed by atoms with van der Waals surface area (Å²) >= 11 is 0. The van der Waals surface area contributed by atoms with E-state index in [1.807, 2.05) is 43.5 Å². The van der Waals surface area contributed by atoms with Crippen LogP contribution in [0.2, 0.25) is 0 Å². The zero-order chi connectivity index (χ0) is 14.8. The van der Waals surface area contributed by atoms with Crippen molar-refractivity contribution in [3.05, 3.63) is 54.2 Å². The van der Waals surface area contributed by atoms with Gasteiger partial charge in [0.05, 0.1) is 19.9 Å². The van der Waals surface area contributed by atoms with Crippen molar-refractivity contribution in [2.24, 2.45) is 0 Å². The van der Waals surface area contributed by atoms with Crippen LogP contribution in [0.15, 0.2) is 48.7 Å². The quantitative estimate of drug-likeness (QED) is 0.719. The van der Waals surface area contributed by atoms with Crippen LogP contribution in [0, 0.1) is 6.92 Å². The van der Waals surface area contributed by atoms with E-state index < -0.39 is 0 Å². The van der Waals surface area contributed by atoms with E-state index in [2.05, 4.69) is 17.1 Å². The minimum absolute atomic E-state index is 0.735. The molecule has 3 nitrogen and oxygen atoms in total. The fourth-order valence-electron chi connectivity index (χ4n) is 2.64. The topological polar surface area (TPSA) is 31.4 Å². The number of aromatic nitrogens is 1. The average molecular weight is 279 g/mol. The van der Waals surface area contributed by atoms with E-state index in [-0.39, 0.29) is 0 Å². The molecule has 3 heteroatoms. The van der Waals surface area contributed by atoms with Gasteiger partial charge in [0.15, 0.2) is 11.5 Å². The van der Waals surface area contributed by atoms with Crippen molar-refractivity contribution in [3.8, 4) is 22.8 Å². The van der Waals surface area contributed by atoms with Crippen LogP contribution in [0.4, 0.5) is 0 Å². The molecule has 0 atom stereocenters. The number of benzene rings is 2. The predicted molar refractivity (Wildman–Crippen MR) is 85.0 cm³/mol. The summed E-state index contributed by atoms with van der Waals surface area (Å²) < 4.78 is 11.0. The maximum Gasteiger partial charge on any atom is 0.168 e. The van der Waals surface area contributed by atoms with Crippen molar-refractivity contribution in [2.45, 2.75) is 6.92 Å². The van der Waals surface area contributed by atoms with Crippen molar-refractivity contribution in [3.63, 3.8) is 0 Å². The van der Waals surface area contributed by atoms with Gasteiger partial charge in [-0.25, -0.2) is 0 Å². The molecule has 0 aliphatic rings. The molecule has 0 N–H and O–H groups in total. The predicted octanol–water partition coefficient (Wildman–Crippen LogP) is 4.23. The highest BCUT2D eigenvalue weighted by molar-refractivity contribution is 6.01. The van der Waals surface area contributed by atoms with Crippen LogP contribution in [0.3, 0.4) is 0 Å². The van der Waals surface area contributed by atoms with Crippen molar-refractivity contribution in [1.29, 1.82) is 0 Å². The molecule has 1 aromatic heterocycles. The van der Waals surface area contributed by atoms with Gasteiger partial charge in [-0.1, -0.05) is 30.3 Å². The molecule has 0 fully saturated rings. The molecule has 0 unspecified atom stereocenters. The summed E-state index contributed by atoms with van der Waals surface area (Å²) in [6.07, 6.45) is 1.88. The lowest BCUT2D eigenvalue weighted by Crippen LogP contribution is -1.95. The summed E-state index contributed by atoms with van der Waals surface area (Å²) in [6, 6.07) is 14.1. The largest absolute Gasteiger partial charge is 0.493 e. The Kier molecular flexibility index (Phi) is 3.48. The molecule has 3 rings (SSSR count). The maximum atomic E-state index is 5.57. The second kappa shape index (κ2) is 5.44. The van der Waals surface area contributed by atoms with Crippen LogP contribution in [-0.4, -0.2) is 19.2 Å². The number of ether oxygens (including phenoxy) is 2. The summed E-state index contributed by atoms with van der Waals surface area (Å²) in [5.41, 5.74) is 3.12. The van der Waals surface area contributed by atoms with Crippen molar-refractivity contribution >= 4 is 10.8 Å². The Bertz CT molecular complexity index is 782. The SMILES string of the molecule is COc1ccc2c(-c3ccccc3)ncc(C)c2c1OC. The number of fused-ring (bicyclic) bond motifs is 1. The normalized spacial score (nSPS) is 10.6. The van der Waals surface area contributed by atoms with Gasteiger partial charge in [-0.2, -0.15) is 0 Å². The third-order valence-electron chi connectivity index (χ3n) is 3.63. The molecule has 0 radical (unpaired) electrons. The molecule has 0 bridgehead atoms. The molecule has 0 spiro atoms. The second-order valence-electron chi connectivity index (χ2n) is 4.88. The van der Waals surface area contributed by atoms with Crippen LogP contribution >= 0.6 is 0 Å². The number of nitrogens with zero attached hydrogens (tertiary/aromatic N) is 1. The summed E-state index contributed by atoms with van der Waals surface area (Å²) in [5.74, 6) is 1.49. The molecule has 2 aromatic carbocycles. The van der Waals surface area contributed by atoms with Gasteiger partial charge in [0.2, 0.25) is 0 Å². The Morgan fingerprint density at radius 3 is 2.33 bits per heavy atom. The van der Waals surface area contributed by atoms with Crippen molar-refractivity contribution < 1.29 is 9.47 Å². The molecule has 21 heavy (non-hydrogen) atoms. The zero-order valence-corrected chi connectivity index (χ0v) is 12.4. The van der Waals surface area contributed by atoms with Crippen molar-refractivity contribution in [1.82, 2.24) is 4.98 Å². The van der Waals surface area contributed by atoms with E-state index in [9.17, 15) is 0 Å². The standard InChI is InChI=1S/C18H17NO2/c1-12-11-19-17(13-7-5-4-6-8-13)14-9-10-15(20-2)18(21-3)16(12)14/h4-11H,1-3H3. The van der Waals surface area contributed by atoms with Gasteiger partial charge in [0.1, 0.15) is 0 Å². The number of rotatable bonds is 3. The highest BCUT2D eigenvalue weighted by atomic mass is 16.5. The minimum Gasteiger partial charge on any atom is -0.493 e. The fraction of sp³-hybridized carbons (Fsp3) is 0.167. The monoisotopic (exact) mass is 279 g/mol. The first-order chi connectivity index (χ1) is 10.3. The van der Waals surface area contributed by atoms with E-state index >= 15 is 0 Å². The van der Waals surface area contributed by atoms with Gasteiger partial charge in [0.25, 0.3) is 0 Å². The zero-order valence-electron chi connectivity index (χ0n) is 12.4. The first-order valence-electron chi connectivity index (χ1n) is 6.82. The third-order valence-corrected chi connectivity index (χ3v) is 3.63. The summed E-state index contributed by atoms with van der Waals surface area (Å²) in [4.78, 5) is 4.61. The van der Waals surface area contributed by atoms with Crippen LogP contribution < -0.4 is 9.47 Å². The van der Waals surface area contributed by atoms with Crippen LogP contribution in [0.5, 0.6) is 11.5 Å². The Labute approximate surface area is 124 Å². The van der Waals surface area contributed by atoms with Gasteiger partial charge in [0, 0.05) is 22.5 Å². The molecule has 3 aromatic rings. The second-order valence-corrected chi connectivity index (χ2v) is 4.88. The van der Waals surface area contributed by atoms with Gasteiger partial charge in [-0.05, 0) is 24.6 Å². The van der Waals surface area contributed by atoms with Crippen LogP contribution in [0.1, 0.15) is 5.56 Å². The molecule has 0 amide bonds. The summed E-state index contributed by atoms with van der Waals surface area (Å²) in [6.45, 7) is 2.03. The average Bonchev–Trinajstić information content (AvgIpc) is 2.55. The van der Waals surface area contributed by atoms with Gasteiger partial charge >= 0.3 is 0 Å². The maximum absolute atomic E-state index is 5.57. The lowest BCUT2D eigenvalue weighted by atomic mass is 10.00. The number of hydrogen-bond acceptors (Lipinski definition) is 3. The number of aryl methyl sites for hydroxylation is 1. The summed E-state index contributed by atoms with van der Waals surface area (Å²) in [5, 5.41) is 2.12. The number of hydrogen-bond donors (Lipinski definition) is 0. The van der Waals surface area contributed by atoms with E-state index in [0.29, 0.717) is 0 Å². The fourth-order valence-corrected chi connectivity index (χ4v) is 2.64. The van der Waals surface area contributed by atoms with E-state index in [4.69, 9.17) is 9.47 Å². The third kappa shape index (κ3) is 2.21. The van der Waals surface area contributed by atoms with E-state index in [0.717, 1.165) is 39.1 Å².